The summed E-state index contributed by atoms with van der Waals surface area (Å²) in [5.41, 5.74) is 1.03. The molecule has 3 rings (SSSR count). The van der Waals surface area contributed by atoms with Crippen molar-refractivity contribution < 1.29 is 9.52 Å². The predicted molar refractivity (Wildman–Crippen MR) is 81.1 cm³/mol. The van der Waals surface area contributed by atoms with Crippen LogP contribution in [0, 0.1) is 0 Å². The second kappa shape index (κ2) is 5.29. The fraction of sp³-hybridized carbons (Fsp3) is 0.176. The van der Waals surface area contributed by atoms with Crippen LogP contribution in [0.15, 0.2) is 59.2 Å². The molecule has 0 saturated carbocycles. The van der Waals surface area contributed by atoms with Crippen LogP contribution in [0.5, 0.6) is 5.75 Å². The largest absolute Gasteiger partial charge is 0.507 e. The van der Waals surface area contributed by atoms with Crippen LogP contribution in [-0.2, 0) is 6.42 Å². The van der Waals surface area contributed by atoms with Gasteiger partial charge in [0.1, 0.15) is 11.5 Å². The second-order valence-electron chi connectivity index (χ2n) is 5.01. The topological polar surface area (TPSA) is 45.4 Å². The van der Waals surface area contributed by atoms with Gasteiger partial charge >= 0.3 is 0 Å². The highest BCUT2D eigenvalue weighted by Gasteiger charge is 2.09. The van der Waals surface area contributed by atoms with Gasteiger partial charge in [-0.25, -0.2) is 0 Å². The number of rotatable bonds is 4. The minimum atomic E-state index is 0.245. The van der Waals surface area contributed by atoms with Crippen LogP contribution < -0.4 is 5.32 Å². The molecule has 0 aliphatic heterocycles. The quantitative estimate of drug-likeness (QED) is 0.745. The SMILES string of the molecule is CC(Cc1ccco1)Nc1cccc2c(O)cccc12. The van der Waals surface area contributed by atoms with Crippen molar-refractivity contribution >= 4 is 16.5 Å². The van der Waals surface area contributed by atoms with Crippen molar-refractivity contribution in [2.75, 3.05) is 5.32 Å². The average Bonchev–Trinajstić information content (AvgIpc) is 2.93. The molecular formula is C17H17NO2. The molecule has 0 aliphatic rings. The maximum absolute atomic E-state index is 9.89. The highest BCUT2D eigenvalue weighted by Crippen LogP contribution is 2.30. The lowest BCUT2D eigenvalue weighted by molar-refractivity contribution is 0.481. The van der Waals surface area contributed by atoms with Crippen LogP contribution in [0.4, 0.5) is 5.69 Å². The molecule has 0 spiro atoms. The molecule has 1 heterocycles. The van der Waals surface area contributed by atoms with E-state index >= 15 is 0 Å². The molecule has 0 amide bonds. The highest BCUT2D eigenvalue weighted by atomic mass is 16.3. The van der Waals surface area contributed by atoms with Crippen LogP contribution in [-0.4, -0.2) is 11.1 Å². The van der Waals surface area contributed by atoms with E-state index in [1.54, 1.807) is 12.3 Å². The van der Waals surface area contributed by atoms with E-state index in [9.17, 15) is 5.11 Å². The molecule has 3 aromatic rings. The zero-order valence-electron chi connectivity index (χ0n) is 11.3. The Hall–Kier alpha value is -2.42. The van der Waals surface area contributed by atoms with Crippen molar-refractivity contribution in [2.24, 2.45) is 0 Å². The van der Waals surface area contributed by atoms with Gasteiger partial charge in [0, 0.05) is 28.9 Å². The Morgan fingerprint density at radius 3 is 2.65 bits per heavy atom. The molecular weight excluding hydrogens is 250 g/mol. The first kappa shape index (κ1) is 12.6. The second-order valence-corrected chi connectivity index (χ2v) is 5.01. The van der Waals surface area contributed by atoms with E-state index < -0.39 is 0 Å². The van der Waals surface area contributed by atoms with E-state index in [0.717, 1.165) is 28.6 Å². The number of phenolic OH excluding ortho intramolecular Hbond substituents is 1. The lowest BCUT2D eigenvalue weighted by atomic mass is 10.1. The number of benzene rings is 2. The first-order valence-corrected chi connectivity index (χ1v) is 6.73. The maximum Gasteiger partial charge on any atom is 0.123 e. The third kappa shape index (κ3) is 2.48. The summed E-state index contributed by atoms with van der Waals surface area (Å²) in [5.74, 6) is 1.28. The van der Waals surface area contributed by atoms with E-state index in [1.807, 2.05) is 42.5 Å². The standard InChI is InChI=1S/C17H17NO2/c1-12(11-13-5-4-10-20-13)18-16-8-2-7-15-14(16)6-3-9-17(15)19/h2-10,12,18-19H,11H2,1H3. The summed E-state index contributed by atoms with van der Waals surface area (Å²) in [4.78, 5) is 0. The molecule has 0 aliphatic carbocycles. The first-order chi connectivity index (χ1) is 9.74. The molecule has 3 nitrogen and oxygen atoms in total. The average molecular weight is 267 g/mol. The van der Waals surface area contributed by atoms with Gasteiger partial charge in [0.05, 0.1) is 6.26 Å². The number of aromatic hydroxyl groups is 1. The normalized spacial score (nSPS) is 12.4. The van der Waals surface area contributed by atoms with Crippen molar-refractivity contribution in [1.29, 1.82) is 0 Å². The fourth-order valence-corrected chi connectivity index (χ4v) is 2.47. The van der Waals surface area contributed by atoms with Crippen molar-refractivity contribution in [1.82, 2.24) is 0 Å². The zero-order chi connectivity index (χ0) is 13.9. The van der Waals surface area contributed by atoms with E-state index in [2.05, 4.69) is 12.2 Å². The molecule has 2 aromatic carbocycles. The lowest BCUT2D eigenvalue weighted by Crippen LogP contribution is -2.17. The van der Waals surface area contributed by atoms with Gasteiger partial charge in [-0.3, -0.25) is 0 Å². The third-order valence-electron chi connectivity index (χ3n) is 3.39. The summed E-state index contributed by atoms with van der Waals surface area (Å²) in [6.45, 7) is 2.12. The molecule has 0 fully saturated rings. The number of nitrogens with one attached hydrogen (secondary N) is 1. The lowest BCUT2D eigenvalue weighted by Gasteiger charge is -2.16. The summed E-state index contributed by atoms with van der Waals surface area (Å²) in [5, 5.41) is 15.3. The number of phenols is 1. The Morgan fingerprint density at radius 1 is 1.05 bits per heavy atom. The van der Waals surface area contributed by atoms with Crippen molar-refractivity contribution in [2.45, 2.75) is 19.4 Å². The van der Waals surface area contributed by atoms with E-state index in [0.29, 0.717) is 5.75 Å². The van der Waals surface area contributed by atoms with Gasteiger partial charge in [-0.2, -0.15) is 0 Å². The summed E-state index contributed by atoms with van der Waals surface area (Å²) >= 11 is 0. The molecule has 102 valence electrons. The number of furan rings is 1. The third-order valence-corrected chi connectivity index (χ3v) is 3.39. The van der Waals surface area contributed by atoms with Crippen LogP contribution in [0.2, 0.25) is 0 Å². The molecule has 1 unspecified atom stereocenters. The minimum absolute atomic E-state index is 0.245. The van der Waals surface area contributed by atoms with Crippen LogP contribution in [0.25, 0.3) is 10.8 Å². The van der Waals surface area contributed by atoms with Gasteiger partial charge in [-0.05, 0) is 31.2 Å². The first-order valence-electron chi connectivity index (χ1n) is 6.73. The summed E-state index contributed by atoms with van der Waals surface area (Å²) in [7, 11) is 0. The van der Waals surface area contributed by atoms with Gasteiger partial charge in [-0.1, -0.05) is 24.3 Å². The van der Waals surface area contributed by atoms with Crippen LogP contribution >= 0.6 is 0 Å². The monoisotopic (exact) mass is 267 g/mol. The Morgan fingerprint density at radius 2 is 1.85 bits per heavy atom. The molecule has 0 radical (unpaired) electrons. The van der Waals surface area contributed by atoms with Crippen LogP contribution in [0.3, 0.4) is 0 Å². The number of hydrogen-bond acceptors (Lipinski definition) is 3. The molecule has 0 saturated heterocycles. The smallest absolute Gasteiger partial charge is 0.123 e. The van der Waals surface area contributed by atoms with Crippen molar-refractivity contribution in [3.05, 3.63) is 60.6 Å². The van der Waals surface area contributed by atoms with Gasteiger partial charge in [0.15, 0.2) is 0 Å². The summed E-state index contributed by atoms with van der Waals surface area (Å²) < 4.78 is 5.37. The number of hydrogen-bond donors (Lipinski definition) is 2. The molecule has 0 bridgehead atoms. The van der Waals surface area contributed by atoms with Gasteiger partial charge < -0.3 is 14.8 Å². The van der Waals surface area contributed by atoms with Crippen molar-refractivity contribution in [3.63, 3.8) is 0 Å². The zero-order valence-corrected chi connectivity index (χ0v) is 11.3. The van der Waals surface area contributed by atoms with Gasteiger partial charge in [0.25, 0.3) is 0 Å². The molecule has 2 N–H and O–H groups in total. The van der Waals surface area contributed by atoms with Gasteiger partial charge in [0.2, 0.25) is 0 Å². The molecule has 20 heavy (non-hydrogen) atoms. The van der Waals surface area contributed by atoms with Crippen LogP contribution in [0.1, 0.15) is 12.7 Å². The summed E-state index contributed by atoms with van der Waals surface area (Å²) in [6, 6.07) is 15.6. The Bertz CT molecular complexity index is 704. The maximum atomic E-state index is 9.89. The predicted octanol–water partition coefficient (Wildman–Crippen LogP) is 4.18. The van der Waals surface area contributed by atoms with E-state index in [-0.39, 0.29) is 6.04 Å². The Balaban J connectivity index is 1.85. The van der Waals surface area contributed by atoms with Crippen molar-refractivity contribution in [3.8, 4) is 5.75 Å². The Labute approximate surface area is 117 Å². The van der Waals surface area contributed by atoms with E-state index in [4.69, 9.17) is 4.42 Å². The number of anilines is 1. The molecule has 1 aromatic heterocycles. The fourth-order valence-electron chi connectivity index (χ4n) is 2.47. The summed E-state index contributed by atoms with van der Waals surface area (Å²) in [6.07, 6.45) is 2.51. The minimum Gasteiger partial charge on any atom is -0.507 e. The van der Waals surface area contributed by atoms with Gasteiger partial charge in [-0.15, -0.1) is 0 Å². The highest BCUT2D eigenvalue weighted by molar-refractivity contribution is 5.97. The molecule has 1 atom stereocenters. The van der Waals surface area contributed by atoms with E-state index in [1.165, 1.54) is 0 Å². The molecule has 3 heteroatoms. The number of fused-ring (bicyclic) bond motifs is 1. The Kier molecular flexibility index (Phi) is 3.33.